The molecule has 0 aliphatic heterocycles. The van der Waals surface area contributed by atoms with Crippen LogP contribution in [0.15, 0.2) is 119 Å². The number of halogens is 1. The maximum absolute atomic E-state index is 12.9. The molecule has 4 rings (SSSR count). The monoisotopic (exact) mass is 517 g/mol. The number of sulfonamides is 1. The van der Waals surface area contributed by atoms with Crippen LogP contribution in [0.4, 0.5) is 5.69 Å². The molecule has 0 fully saturated rings. The lowest BCUT2D eigenvalue weighted by atomic mass is 10.0. The highest BCUT2D eigenvalue weighted by atomic mass is 35.5. The van der Waals surface area contributed by atoms with Crippen LogP contribution in [0.25, 0.3) is 0 Å². The van der Waals surface area contributed by atoms with Gasteiger partial charge in [0.2, 0.25) is 10.0 Å². The standard InChI is InChI=1S/C29H28ClN3O2S/c1-23-12-18-28(19-13-23)36(34,35)32-21-20-29(25-10-6-3-7-11-25)33(27-16-14-26(30)15-17-27)31-22-24-8-4-2-5-9-24/h2-19,22,29,32H,20-21H2,1H3/b31-22+. The second-order valence-corrected chi connectivity index (χ2v) is 10.6. The van der Waals surface area contributed by atoms with Crippen molar-refractivity contribution in [3.63, 3.8) is 0 Å². The summed E-state index contributed by atoms with van der Waals surface area (Å²) in [4.78, 5) is 0.251. The van der Waals surface area contributed by atoms with Crippen molar-refractivity contribution in [1.29, 1.82) is 0 Å². The summed E-state index contributed by atoms with van der Waals surface area (Å²) >= 11 is 6.15. The average molecular weight is 518 g/mol. The molecule has 1 N–H and O–H groups in total. The van der Waals surface area contributed by atoms with Gasteiger partial charge in [-0.1, -0.05) is 90.0 Å². The summed E-state index contributed by atoms with van der Waals surface area (Å²) in [6.45, 7) is 2.16. The van der Waals surface area contributed by atoms with Crippen molar-refractivity contribution in [2.45, 2.75) is 24.3 Å². The Kier molecular flexibility index (Phi) is 8.54. The van der Waals surface area contributed by atoms with E-state index < -0.39 is 10.0 Å². The first-order valence-corrected chi connectivity index (χ1v) is 13.5. The SMILES string of the molecule is Cc1ccc(S(=O)(=O)NCCC(c2ccccc2)N(/N=C/c2ccccc2)c2ccc(Cl)cc2)cc1. The van der Waals surface area contributed by atoms with Gasteiger partial charge in [-0.3, -0.25) is 5.01 Å². The van der Waals surface area contributed by atoms with Crippen LogP contribution in [0.5, 0.6) is 0 Å². The molecule has 36 heavy (non-hydrogen) atoms. The van der Waals surface area contributed by atoms with E-state index in [0.717, 1.165) is 22.4 Å². The lowest BCUT2D eigenvalue weighted by Crippen LogP contribution is -2.30. The zero-order valence-corrected chi connectivity index (χ0v) is 21.5. The van der Waals surface area contributed by atoms with Crippen molar-refractivity contribution in [3.05, 3.63) is 131 Å². The predicted octanol–water partition coefficient (Wildman–Crippen LogP) is 6.60. The summed E-state index contributed by atoms with van der Waals surface area (Å²) in [5.74, 6) is 0. The van der Waals surface area contributed by atoms with E-state index in [1.54, 1.807) is 30.5 Å². The number of aryl methyl sites for hydroxylation is 1. The van der Waals surface area contributed by atoms with Gasteiger partial charge in [0.1, 0.15) is 0 Å². The van der Waals surface area contributed by atoms with Gasteiger partial charge in [0.15, 0.2) is 0 Å². The molecular weight excluding hydrogens is 490 g/mol. The summed E-state index contributed by atoms with van der Waals surface area (Å²) < 4.78 is 28.5. The molecule has 0 saturated heterocycles. The molecule has 5 nitrogen and oxygen atoms in total. The van der Waals surface area contributed by atoms with Gasteiger partial charge in [0.05, 0.1) is 22.8 Å². The van der Waals surface area contributed by atoms with Crippen LogP contribution in [-0.4, -0.2) is 21.2 Å². The van der Waals surface area contributed by atoms with Gasteiger partial charge in [0, 0.05) is 11.6 Å². The van der Waals surface area contributed by atoms with Crippen molar-refractivity contribution < 1.29 is 8.42 Å². The van der Waals surface area contributed by atoms with Gasteiger partial charge in [-0.15, -0.1) is 0 Å². The minimum atomic E-state index is -3.63. The molecule has 0 aromatic heterocycles. The summed E-state index contributed by atoms with van der Waals surface area (Å²) in [5.41, 5.74) is 3.84. The Balaban J connectivity index is 1.63. The second-order valence-electron chi connectivity index (χ2n) is 8.40. The number of rotatable bonds is 10. The van der Waals surface area contributed by atoms with E-state index in [4.69, 9.17) is 16.7 Å². The maximum Gasteiger partial charge on any atom is 0.240 e. The predicted molar refractivity (Wildman–Crippen MR) is 148 cm³/mol. The Morgan fingerprint density at radius 2 is 1.47 bits per heavy atom. The highest BCUT2D eigenvalue weighted by molar-refractivity contribution is 7.89. The molecule has 0 amide bonds. The van der Waals surface area contributed by atoms with Crippen LogP contribution >= 0.6 is 11.6 Å². The number of hydrogen-bond donors (Lipinski definition) is 1. The number of benzene rings is 4. The largest absolute Gasteiger partial charge is 0.258 e. The van der Waals surface area contributed by atoms with E-state index in [-0.39, 0.29) is 17.5 Å². The first-order chi connectivity index (χ1) is 17.4. The summed E-state index contributed by atoms with van der Waals surface area (Å²) in [6.07, 6.45) is 2.30. The number of hydrazone groups is 1. The Labute approximate surface area is 218 Å². The molecule has 0 saturated carbocycles. The molecule has 0 aliphatic rings. The van der Waals surface area contributed by atoms with E-state index in [2.05, 4.69) is 4.72 Å². The van der Waals surface area contributed by atoms with Gasteiger partial charge in [-0.2, -0.15) is 5.10 Å². The van der Waals surface area contributed by atoms with Crippen molar-refractivity contribution in [3.8, 4) is 0 Å². The third kappa shape index (κ3) is 6.82. The second kappa shape index (κ2) is 12.0. The summed E-state index contributed by atoms with van der Waals surface area (Å²) in [7, 11) is -3.63. The Morgan fingerprint density at radius 1 is 0.861 bits per heavy atom. The highest BCUT2D eigenvalue weighted by Crippen LogP contribution is 2.31. The van der Waals surface area contributed by atoms with Crippen molar-refractivity contribution in [2.75, 3.05) is 11.6 Å². The average Bonchev–Trinajstić information content (AvgIpc) is 2.90. The molecule has 4 aromatic carbocycles. The number of nitrogens with zero attached hydrogens (tertiary/aromatic N) is 2. The first-order valence-electron chi connectivity index (χ1n) is 11.7. The highest BCUT2D eigenvalue weighted by Gasteiger charge is 2.22. The quantitative estimate of drug-likeness (QED) is 0.190. The van der Waals surface area contributed by atoms with Crippen LogP contribution < -0.4 is 9.73 Å². The van der Waals surface area contributed by atoms with Crippen LogP contribution in [0, 0.1) is 6.92 Å². The van der Waals surface area contributed by atoms with E-state index in [1.807, 2.05) is 96.9 Å². The lowest BCUT2D eigenvalue weighted by Gasteiger charge is -2.30. The van der Waals surface area contributed by atoms with Crippen LogP contribution in [0.1, 0.15) is 29.2 Å². The molecule has 0 heterocycles. The summed E-state index contributed by atoms with van der Waals surface area (Å²) in [6, 6.07) is 33.9. The molecule has 1 unspecified atom stereocenters. The lowest BCUT2D eigenvalue weighted by molar-refractivity contribution is 0.555. The Bertz CT molecular complexity index is 1380. The topological polar surface area (TPSA) is 61.8 Å². The number of hydrogen-bond acceptors (Lipinski definition) is 4. The Morgan fingerprint density at radius 3 is 2.11 bits per heavy atom. The smallest absolute Gasteiger partial charge is 0.240 e. The van der Waals surface area contributed by atoms with E-state index >= 15 is 0 Å². The zero-order valence-electron chi connectivity index (χ0n) is 20.0. The third-order valence-electron chi connectivity index (χ3n) is 5.74. The van der Waals surface area contributed by atoms with E-state index in [1.165, 1.54) is 0 Å². The van der Waals surface area contributed by atoms with Gasteiger partial charge >= 0.3 is 0 Å². The molecule has 184 valence electrons. The first kappa shape index (κ1) is 25.6. The van der Waals surface area contributed by atoms with Crippen molar-refractivity contribution >= 4 is 33.5 Å². The molecule has 4 aromatic rings. The fourth-order valence-corrected chi connectivity index (χ4v) is 5.00. The normalized spacial score (nSPS) is 12.5. The van der Waals surface area contributed by atoms with Crippen LogP contribution in [0.3, 0.4) is 0 Å². The van der Waals surface area contributed by atoms with Crippen LogP contribution in [-0.2, 0) is 10.0 Å². The molecule has 0 aliphatic carbocycles. The molecule has 7 heteroatoms. The summed E-state index contributed by atoms with van der Waals surface area (Å²) in [5, 5.41) is 7.39. The Hall–Kier alpha value is -3.45. The van der Waals surface area contributed by atoms with Crippen molar-refractivity contribution in [2.24, 2.45) is 5.10 Å². The van der Waals surface area contributed by atoms with E-state index in [0.29, 0.717) is 11.4 Å². The van der Waals surface area contributed by atoms with Gasteiger partial charge in [-0.25, -0.2) is 13.1 Å². The fourth-order valence-electron chi connectivity index (χ4n) is 3.82. The van der Waals surface area contributed by atoms with Crippen molar-refractivity contribution in [1.82, 2.24) is 4.72 Å². The molecule has 0 radical (unpaired) electrons. The van der Waals surface area contributed by atoms with E-state index in [9.17, 15) is 8.42 Å². The number of nitrogens with one attached hydrogen (secondary N) is 1. The van der Waals surface area contributed by atoms with Gasteiger partial charge in [0.25, 0.3) is 0 Å². The maximum atomic E-state index is 12.9. The fraction of sp³-hybridized carbons (Fsp3) is 0.138. The minimum absolute atomic E-state index is 0.229. The van der Waals surface area contributed by atoms with Crippen LogP contribution in [0.2, 0.25) is 5.02 Å². The van der Waals surface area contributed by atoms with Gasteiger partial charge in [-0.05, 0) is 60.9 Å². The zero-order chi connectivity index (χ0) is 25.4. The molecule has 0 bridgehead atoms. The molecule has 1 atom stereocenters. The minimum Gasteiger partial charge on any atom is -0.258 e. The molecular formula is C29H28ClN3O2S. The molecule has 0 spiro atoms. The van der Waals surface area contributed by atoms with Gasteiger partial charge < -0.3 is 0 Å². The number of anilines is 1. The third-order valence-corrected chi connectivity index (χ3v) is 7.47.